The average Bonchev–Trinajstić information content (AvgIpc) is 2.31. The Hall–Kier alpha value is -0.160. The summed E-state index contributed by atoms with van der Waals surface area (Å²) in [6.07, 6.45) is 2.39. The first-order valence-electron chi connectivity index (χ1n) is 6.64. The van der Waals surface area contributed by atoms with Gasteiger partial charge < -0.3 is 15.3 Å². The molecule has 2 bridgehead atoms. The number of rotatable bonds is 2. The van der Waals surface area contributed by atoms with E-state index in [1.165, 1.54) is 25.9 Å². The van der Waals surface area contributed by atoms with E-state index in [4.69, 9.17) is 0 Å². The number of piperazine rings is 1. The van der Waals surface area contributed by atoms with Crippen LogP contribution >= 0.6 is 0 Å². The minimum atomic E-state index is -0.423. The third kappa shape index (κ3) is 1.99. The zero-order chi connectivity index (χ0) is 11.0. The highest BCUT2D eigenvalue weighted by atomic mass is 16.3. The SMILES string of the molecule is OC1(CN2CCNCC2)CN2CCC1CC2. The molecular formula is C12H23N3O. The standard InChI is InChI=1S/C12H23N3O/c16-12(10-15-7-3-13-4-8-15)9-14-5-1-11(12)2-6-14/h11,13,16H,1-10H2. The molecule has 0 spiro atoms. The van der Waals surface area contributed by atoms with Crippen molar-refractivity contribution in [3.63, 3.8) is 0 Å². The molecule has 4 aliphatic rings. The summed E-state index contributed by atoms with van der Waals surface area (Å²) in [7, 11) is 0. The van der Waals surface area contributed by atoms with Crippen molar-refractivity contribution in [3.8, 4) is 0 Å². The second kappa shape index (κ2) is 4.26. The fourth-order valence-corrected chi connectivity index (χ4v) is 3.58. The van der Waals surface area contributed by atoms with Crippen molar-refractivity contribution >= 4 is 0 Å². The van der Waals surface area contributed by atoms with Gasteiger partial charge in [0.05, 0.1) is 5.60 Å². The monoisotopic (exact) mass is 225 g/mol. The van der Waals surface area contributed by atoms with Crippen molar-refractivity contribution in [2.45, 2.75) is 18.4 Å². The Bertz CT molecular complexity index is 247. The number of hydrogen-bond acceptors (Lipinski definition) is 4. The van der Waals surface area contributed by atoms with E-state index < -0.39 is 5.60 Å². The quantitative estimate of drug-likeness (QED) is 0.655. The maximum atomic E-state index is 10.8. The normalized spacial score (nSPS) is 44.8. The van der Waals surface area contributed by atoms with Crippen LogP contribution in [0.1, 0.15) is 12.8 Å². The molecular weight excluding hydrogens is 202 g/mol. The van der Waals surface area contributed by atoms with Crippen molar-refractivity contribution in [2.24, 2.45) is 5.92 Å². The van der Waals surface area contributed by atoms with Crippen molar-refractivity contribution < 1.29 is 5.11 Å². The van der Waals surface area contributed by atoms with Gasteiger partial charge in [0.15, 0.2) is 0 Å². The molecule has 0 aromatic rings. The van der Waals surface area contributed by atoms with Gasteiger partial charge in [-0.3, -0.25) is 4.90 Å². The lowest BCUT2D eigenvalue weighted by molar-refractivity contribution is -0.126. The zero-order valence-electron chi connectivity index (χ0n) is 9.99. The Labute approximate surface area is 97.6 Å². The fraction of sp³-hybridized carbons (Fsp3) is 1.00. The molecule has 4 nitrogen and oxygen atoms in total. The Morgan fingerprint density at radius 3 is 2.38 bits per heavy atom. The van der Waals surface area contributed by atoms with Gasteiger partial charge in [-0.05, 0) is 31.8 Å². The molecule has 92 valence electrons. The molecule has 0 aromatic heterocycles. The summed E-state index contributed by atoms with van der Waals surface area (Å²) < 4.78 is 0. The summed E-state index contributed by atoms with van der Waals surface area (Å²) in [5.41, 5.74) is -0.423. The Morgan fingerprint density at radius 2 is 1.81 bits per heavy atom. The van der Waals surface area contributed by atoms with Crippen LogP contribution in [-0.4, -0.2) is 72.9 Å². The first-order chi connectivity index (χ1) is 7.76. The maximum Gasteiger partial charge on any atom is 0.0929 e. The Kier molecular flexibility index (Phi) is 2.92. The molecule has 16 heavy (non-hydrogen) atoms. The number of fused-ring (bicyclic) bond motifs is 3. The summed E-state index contributed by atoms with van der Waals surface area (Å²) in [6.45, 7) is 8.53. The first kappa shape index (κ1) is 11.0. The topological polar surface area (TPSA) is 38.7 Å². The molecule has 4 heteroatoms. The van der Waals surface area contributed by atoms with E-state index in [2.05, 4.69) is 15.1 Å². The largest absolute Gasteiger partial charge is 0.387 e. The minimum Gasteiger partial charge on any atom is -0.387 e. The van der Waals surface area contributed by atoms with Gasteiger partial charge in [0.2, 0.25) is 0 Å². The van der Waals surface area contributed by atoms with Gasteiger partial charge in [0, 0.05) is 39.3 Å². The van der Waals surface area contributed by atoms with Gasteiger partial charge in [-0.25, -0.2) is 0 Å². The summed E-state index contributed by atoms with van der Waals surface area (Å²) >= 11 is 0. The van der Waals surface area contributed by atoms with E-state index in [0.717, 1.165) is 39.3 Å². The fourth-order valence-electron chi connectivity index (χ4n) is 3.58. The van der Waals surface area contributed by atoms with Crippen LogP contribution in [0.15, 0.2) is 0 Å². The minimum absolute atomic E-state index is 0.423. The molecule has 0 aromatic carbocycles. The van der Waals surface area contributed by atoms with Crippen LogP contribution in [-0.2, 0) is 0 Å². The Morgan fingerprint density at radius 1 is 1.12 bits per heavy atom. The molecule has 1 atom stereocenters. The molecule has 2 N–H and O–H groups in total. The van der Waals surface area contributed by atoms with E-state index in [0.29, 0.717) is 5.92 Å². The number of nitrogens with one attached hydrogen (secondary N) is 1. The van der Waals surface area contributed by atoms with E-state index in [1.54, 1.807) is 0 Å². The summed E-state index contributed by atoms with van der Waals surface area (Å²) in [5.74, 6) is 0.549. The van der Waals surface area contributed by atoms with Gasteiger partial charge in [-0.2, -0.15) is 0 Å². The lowest BCUT2D eigenvalue weighted by atomic mass is 9.75. The van der Waals surface area contributed by atoms with Crippen LogP contribution in [0.2, 0.25) is 0 Å². The van der Waals surface area contributed by atoms with Crippen molar-refractivity contribution in [3.05, 3.63) is 0 Å². The van der Waals surface area contributed by atoms with Gasteiger partial charge in [0.25, 0.3) is 0 Å². The number of piperidine rings is 3. The van der Waals surface area contributed by atoms with Crippen molar-refractivity contribution in [1.82, 2.24) is 15.1 Å². The molecule has 0 radical (unpaired) electrons. The smallest absolute Gasteiger partial charge is 0.0929 e. The van der Waals surface area contributed by atoms with Crippen LogP contribution in [0, 0.1) is 5.92 Å². The highest BCUT2D eigenvalue weighted by molar-refractivity contribution is 5.00. The van der Waals surface area contributed by atoms with Crippen LogP contribution in [0.5, 0.6) is 0 Å². The van der Waals surface area contributed by atoms with Crippen LogP contribution in [0.4, 0.5) is 0 Å². The molecule has 0 aliphatic carbocycles. The van der Waals surface area contributed by atoms with Gasteiger partial charge in [-0.15, -0.1) is 0 Å². The number of nitrogens with zero attached hydrogens (tertiary/aromatic N) is 2. The van der Waals surface area contributed by atoms with Crippen LogP contribution in [0.25, 0.3) is 0 Å². The highest BCUT2D eigenvalue weighted by Crippen LogP contribution is 2.36. The molecule has 4 fully saturated rings. The van der Waals surface area contributed by atoms with E-state index in [9.17, 15) is 5.11 Å². The summed E-state index contributed by atoms with van der Waals surface area (Å²) in [5, 5.41) is 14.2. The molecule has 4 aliphatic heterocycles. The average molecular weight is 225 g/mol. The molecule has 0 saturated carbocycles. The van der Waals surface area contributed by atoms with Gasteiger partial charge >= 0.3 is 0 Å². The lowest BCUT2D eigenvalue weighted by Gasteiger charge is -2.52. The van der Waals surface area contributed by atoms with E-state index >= 15 is 0 Å². The van der Waals surface area contributed by atoms with Crippen molar-refractivity contribution in [1.29, 1.82) is 0 Å². The second-order valence-corrected chi connectivity index (χ2v) is 5.68. The molecule has 4 saturated heterocycles. The molecule has 1 unspecified atom stereocenters. The first-order valence-corrected chi connectivity index (χ1v) is 6.64. The Balaban J connectivity index is 1.63. The van der Waals surface area contributed by atoms with Gasteiger partial charge in [0.1, 0.15) is 0 Å². The number of hydrogen-bond donors (Lipinski definition) is 2. The number of β-amino-alcohol motifs (C(OH)–C–C–N with tert-alkyl or cyclic N) is 1. The molecule has 4 rings (SSSR count). The third-order valence-electron chi connectivity index (χ3n) is 4.55. The second-order valence-electron chi connectivity index (χ2n) is 5.68. The number of aliphatic hydroxyl groups is 1. The summed E-state index contributed by atoms with van der Waals surface area (Å²) in [6, 6.07) is 0. The van der Waals surface area contributed by atoms with Gasteiger partial charge in [-0.1, -0.05) is 0 Å². The van der Waals surface area contributed by atoms with Crippen LogP contribution in [0.3, 0.4) is 0 Å². The zero-order valence-corrected chi connectivity index (χ0v) is 9.99. The van der Waals surface area contributed by atoms with Crippen molar-refractivity contribution in [2.75, 3.05) is 52.4 Å². The highest BCUT2D eigenvalue weighted by Gasteiger charge is 2.46. The van der Waals surface area contributed by atoms with E-state index in [1.807, 2.05) is 0 Å². The van der Waals surface area contributed by atoms with E-state index in [-0.39, 0.29) is 0 Å². The third-order valence-corrected chi connectivity index (χ3v) is 4.55. The molecule has 0 amide bonds. The predicted molar refractivity (Wildman–Crippen MR) is 63.4 cm³/mol. The van der Waals surface area contributed by atoms with Crippen LogP contribution < -0.4 is 5.32 Å². The molecule has 4 heterocycles. The lowest BCUT2D eigenvalue weighted by Crippen LogP contribution is -2.64. The predicted octanol–water partition coefficient (Wildman–Crippen LogP) is -0.652. The maximum absolute atomic E-state index is 10.8. The summed E-state index contributed by atoms with van der Waals surface area (Å²) in [4.78, 5) is 4.86.